The molecule has 0 unspecified atom stereocenters. The number of epoxide rings is 1. The van der Waals surface area contributed by atoms with Crippen LogP contribution in [0, 0.1) is 0 Å². The van der Waals surface area contributed by atoms with Gasteiger partial charge in [-0.25, -0.2) is 0 Å². The van der Waals surface area contributed by atoms with E-state index in [9.17, 15) is 0 Å². The Morgan fingerprint density at radius 2 is 2.40 bits per heavy atom. The third-order valence-electron chi connectivity index (χ3n) is 1.94. The molecule has 0 bridgehead atoms. The Labute approximate surface area is 62.2 Å². The van der Waals surface area contributed by atoms with Crippen LogP contribution in [0.3, 0.4) is 0 Å². The zero-order chi connectivity index (χ0) is 7.40. The van der Waals surface area contributed by atoms with Gasteiger partial charge in [-0.05, 0) is 25.7 Å². The van der Waals surface area contributed by atoms with Crippen LogP contribution >= 0.6 is 0 Å². The first-order valence-electron chi connectivity index (χ1n) is 4.12. The molecule has 1 aliphatic heterocycles. The quantitative estimate of drug-likeness (QED) is 0.590. The Balaban J connectivity index is 1.83. The smallest absolute Gasteiger partial charge is 0.0810 e. The minimum atomic E-state index is -0.0845. The molecular formula is C8H16O2. The Morgan fingerprint density at radius 3 is 2.90 bits per heavy atom. The van der Waals surface area contributed by atoms with Crippen LogP contribution in [0.1, 0.15) is 32.6 Å². The van der Waals surface area contributed by atoms with Crippen LogP contribution < -0.4 is 0 Å². The highest BCUT2D eigenvalue weighted by atomic mass is 16.6. The van der Waals surface area contributed by atoms with Crippen LogP contribution in [0.15, 0.2) is 0 Å². The molecule has 1 heterocycles. The number of hydrogen-bond donors (Lipinski definition) is 1. The van der Waals surface area contributed by atoms with E-state index in [0.29, 0.717) is 6.10 Å². The summed E-state index contributed by atoms with van der Waals surface area (Å²) in [5.41, 5.74) is 0. The Morgan fingerprint density at radius 1 is 1.70 bits per heavy atom. The molecule has 0 radical (unpaired) electrons. The summed E-state index contributed by atoms with van der Waals surface area (Å²) < 4.78 is 5.04. The van der Waals surface area contributed by atoms with Crippen molar-refractivity contribution in [3.8, 4) is 0 Å². The lowest BCUT2D eigenvalue weighted by Crippen LogP contribution is -2.04. The predicted molar refractivity (Wildman–Crippen MR) is 39.9 cm³/mol. The third-order valence-corrected chi connectivity index (χ3v) is 1.94. The fraction of sp³-hybridized carbons (Fsp3) is 1.00. The van der Waals surface area contributed by atoms with Crippen molar-refractivity contribution < 1.29 is 9.84 Å². The van der Waals surface area contributed by atoms with Crippen molar-refractivity contribution in [2.75, 3.05) is 6.61 Å². The average Bonchev–Trinajstić information content (AvgIpc) is 2.71. The summed E-state index contributed by atoms with van der Waals surface area (Å²) in [7, 11) is 0. The summed E-state index contributed by atoms with van der Waals surface area (Å²) in [6, 6.07) is 0. The number of aliphatic hydroxyl groups is 1. The fourth-order valence-corrected chi connectivity index (χ4v) is 1.02. The van der Waals surface area contributed by atoms with Gasteiger partial charge in [0.25, 0.3) is 0 Å². The first-order chi connectivity index (χ1) is 4.83. The average molecular weight is 144 g/mol. The molecule has 10 heavy (non-hydrogen) atoms. The summed E-state index contributed by atoms with van der Waals surface area (Å²) in [6.07, 6.45) is 4.52. The zero-order valence-corrected chi connectivity index (χ0v) is 6.55. The van der Waals surface area contributed by atoms with Gasteiger partial charge in [-0.15, -0.1) is 0 Å². The van der Waals surface area contributed by atoms with Crippen LogP contribution in [0.4, 0.5) is 0 Å². The molecule has 2 heteroatoms. The lowest BCUT2D eigenvalue weighted by molar-refractivity contribution is 0.155. The highest BCUT2D eigenvalue weighted by molar-refractivity contribution is 4.69. The summed E-state index contributed by atoms with van der Waals surface area (Å²) in [6.45, 7) is 2.96. The standard InChI is InChI=1S/C8H16O2/c1-2-7(9)4-3-5-8-6-10-8/h7-9H,2-6H2,1H3/t7-,8+/m0/s1. The van der Waals surface area contributed by atoms with Crippen molar-refractivity contribution in [2.45, 2.75) is 44.8 Å². The molecule has 1 aliphatic rings. The molecule has 1 rings (SSSR count). The van der Waals surface area contributed by atoms with Gasteiger partial charge in [-0.1, -0.05) is 6.92 Å². The lowest BCUT2D eigenvalue weighted by Gasteiger charge is -2.04. The van der Waals surface area contributed by atoms with Gasteiger partial charge in [0.05, 0.1) is 18.8 Å². The lowest BCUT2D eigenvalue weighted by atomic mass is 10.1. The number of hydrogen-bond acceptors (Lipinski definition) is 2. The maximum atomic E-state index is 9.15. The summed E-state index contributed by atoms with van der Waals surface area (Å²) in [4.78, 5) is 0. The second-order valence-electron chi connectivity index (χ2n) is 2.95. The molecule has 0 aromatic carbocycles. The monoisotopic (exact) mass is 144 g/mol. The minimum absolute atomic E-state index is 0.0845. The Kier molecular flexibility index (Phi) is 3.16. The van der Waals surface area contributed by atoms with E-state index in [4.69, 9.17) is 9.84 Å². The molecule has 0 aromatic rings. The van der Waals surface area contributed by atoms with Crippen molar-refractivity contribution in [2.24, 2.45) is 0 Å². The first-order valence-corrected chi connectivity index (χ1v) is 4.12. The van der Waals surface area contributed by atoms with Gasteiger partial charge in [-0.2, -0.15) is 0 Å². The molecule has 1 saturated heterocycles. The van der Waals surface area contributed by atoms with E-state index in [1.165, 1.54) is 0 Å². The maximum absolute atomic E-state index is 9.15. The van der Waals surface area contributed by atoms with Crippen LogP contribution in [-0.4, -0.2) is 23.9 Å². The molecule has 1 fully saturated rings. The van der Waals surface area contributed by atoms with Gasteiger partial charge in [0.2, 0.25) is 0 Å². The van der Waals surface area contributed by atoms with E-state index in [0.717, 1.165) is 32.3 Å². The van der Waals surface area contributed by atoms with Gasteiger partial charge >= 0.3 is 0 Å². The molecular weight excluding hydrogens is 128 g/mol. The molecule has 1 N–H and O–H groups in total. The van der Waals surface area contributed by atoms with Crippen LogP contribution in [-0.2, 0) is 4.74 Å². The number of ether oxygens (including phenoxy) is 1. The molecule has 2 nitrogen and oxygen atoms in total. The normalized spacial score (nSPS) is 26.4. The van der Waals surface area contributed by atoms with Gasteiger partial charge < -0.3 is 9.84 Å². The van der Waals surface area contributed by atoms with E-state index in [-0.39, 0.29) is 6.10 Å². The van der Waals surface area contributed by atoms with E-state index in [2.05, 4.69) is 0 Å². The molecule has 0 saturated carbocycles. The van der Waals surface area contributed by atoms with Crippen LogP contribution in [0.2, 0.25) is 0 Å². The molecule has 2 atom stereocenters. The second-order valence-corrected chi connectivity index (χ2v) is 2.95. The number of rotatable bonds is 5. The molecule has 0 aliphatic carbocycles. The van der Waals surface area contributed by atoms with Crippen LogP contribution in [0.25, 0.3) is 0 Å². The van der Waals surface area contributed by atoms with Gasteiger partial charge in [0.1, 0.15) is 0 Å². The van der Waals surface area contributed by atoms with Crippen molar-refractivity contribution in [3.05, 3.63) is 0 Å². The fourth-order valence-electron chi connectivity index (χ4n) is 1.02. The minimum Gasteiger partial charge on any atom is -0.393 e. The first kappa shape index (κ1) is 8.02. The third kappa shape index (κ3) is 3.18. The maximum Gasteiger partial charge on any atom is 0.0810 e. The van der Waals surface area contributed by atoms with Crippen molar-refractivity contribution in [1.29, 1.82) is 0 Å². The molecule has 60 valence electrons. The Bertz CT molecular complexity index is 89.3. The van der Waals surface area contributed by atoms with Crippen molar-refractivity contribution in [3.63, 3.8) is 0 Å². The molecule has 0 aromatic heterocycles. The van der Waals surface area contributed by atoms with Crippen molar-refractivity contribution in [1.82, 2.24) is 0 Å². The number of aliphatic hydroxyl groups excluding tert-OH is 1. The van der Waals surface area contributed by atoms with E-state index in [1.807, 2.05) is 6.92 Å². The van der Waals surface area contributed by atoms with Gasteiger partial charge in [-0.3, -0.25) is 0 Å². The second kappa shape index (κ2) is 3.94. The topological polar surface area (TPSA) is 32.8 Å². The van der Waals surface area contributed by atoms with Gasteiger partial charge in [0.15, 0.2) is 0 Å². The summed E-state index contributed by atoms with van der Waals surface area (Å²) in [5.74, 6) is 0. The van der Waals surface area contributed by atoms with Gasteiger partial charge in [0, 0.05) is 0 Å². The zero-order valence-electron chi connectivity index (χ0n) is 6.55. The summed E-state index contributed by atoms with van der Waals surface area (Å²) in [5, 5.41) is 9.15. The molecule has 0 spiro atoms. The Hall–Kier alpha value is -0.0800. The van der Waals surface area contributed by atoms with E-state index in [1.54, 1.807) is 0 Å². The highest BCUT2D eigenvalue weighted by Gasteiger charge is 2.21. The van der Waals surface area contributed by atoms with Crippen LogP contribution in [0.5, 0.6) is 0 Å². The predicted octanol–water partition coefficient (Wildman–Crippen LogP) is 1.33. The van der Waals surface area contributed by atoms with E-state index >= 15 is 0 Å². The SMILES string of the molecule is CC[C@H](O)CCC[C@@H]1CO1. The van der Waals surface area contributed by atoms with E-state index < -0.39 is 0 Å². The summed E-state index contributed by atoms with van der Waals surface area (Å²) >= 11 is 0. The van der Waals surface area contributed by atoms with Crippen molar-refractivity contribution >= 4 is 0 Å². The molecule has 0 amide bonds. The largest absolute Gasteiger partial charge is 0.393 e. The highest BCUT2D eigenvalue weighted by Crippen LogP contribution is 2.17.